The van der Waals surface area contributed by atoms with E-state index in [9.17, 15) is 22.8 Å². The summed E-state index contributed by atoms with van der Waals surface area (Å²) in [5.74, 6) is 0. The lowest BCUT2D eigenvalue weighted by Crippen LogP contribution is -2.46. The number of aromatic amines is 1. The molecule has 10 heteroatoms. The zero-order valence-electron chi connectivity index (χ0n) is 16.5. The van der Waals surface area contributed by atoms with Crippen molar-refractivity contribution >= 4 is 0 Å². The van der Waals surface area contributed by atoms with Crippen LogP contribution in [0.25, 0.3) is 0 Å². The van der Waals surface area contributed by atoms with Gasteiger partial charge in [-0.1, -0.05) is 6.08 Å². The van der Waals surface area contributed by atoms with Crippen LogP contribution in [0.2, 0.25) is 0 Å². The molecule has 2 aliphatic rings. The lowest BCUT2D eigenvalue weighted by molar-refractivity contribution is -0.0889. The van der Waals surface area contributed by atoms with Gasteiger partial charge in [0.05, 0.1) is 5.57 Å². The molecule has 3 rings (SSSR count). The maximum absolute atomic E-state index is 12.9. The van der Waals surface area contributed by atoms with Gasteiger partial charge in [0.1, 0.15) is 5.69 Å². The minimum absolute atomic E-state index is 0.265. The van der Waals surface area contributed by atoms with E-state index in [1.165, 1.54) is 16.8 Å². The maximum atomic E-state index is 12.9. The van der Waals surface area contributed by atoms with Crippen LogP contribution in [-0.2, 0) is 6.54 Å². The van der Waals surface area contributed by atoms with Gasteiger partial charge in [0.15, 0.2) is 0 Å². The average Bonchev–Trinajstić information content (AvgIpc) is 2.69. The van der Waals surface area contributed by atoms with Crippen molar-refractivity contribution in [3.8, 4) is 0 Å². The van der Waals surface area contributed by atoms with Crippen molar-refractivity contribution in [2.75, 3.05) is 32.7 Å². The predicted octanol–water partition coefficient (Wildman–Crippen LogP) is 1.80. The molecule has 0 spiro atoms. The number of alkyl halides is 3. The molecule has 1 aliphatic heterocycles. The summed E-state index contributed by atoms with van der Waals surface area (Å²) in [7, 11) is 0. The van der Waals surface area contributed by atoms with Crippen molar-refractivity contribution in [2.45, 2.75) is 45.3 Å². The summed E-state index contributed by atoms with van der Waals surface area (Å²) in [6.45, 7) is 5.90. The Balaban J connectivity index is 1.42. The van der Waals surface area contributed by atoms with E-state index in [4.69, 9.17) is 0 Å². The van der Waals surface area contributed by atoms with Crippen LogP contribution in [0.1, 0.15) is 31.4 Å². The van der Waals surface area contributed by atoms with E-state index in [0.29, 0.717) is 19.4 Å². The van der Waals surface area contributed by atoms with Gasteiger partial charge in [-0.2, -0.15) is 18.3 Å². The number of hydrogen-bond donors (Lipinski definition) is 1. The highest BCUT2D eigenvalue weighted by Crippen LogP contribution is 2.32. The number of rotatable bonds is 6. The molecule has 160 valence electrons. The normalized spacial score (nSPS) is 18.6. The first kappa shape index (κ1) is 21.4. The van der Waals surface area contributed by atoms with E-state index in [-0.39, 0.29) is 5.69 Å². The molecule has 1 aliphatic carbocycles. The van der Waals surface area contributed by atoms with Crippen molar-refractivity contribution in [2.24, 2.45) is 0 Å². The Morgan fingerprint density at radius 3 is 2.48 bits per heavy atom. The van der Waals surface area contributed by atoms with Gasteiger partial charge in [0, 0.05) is 38.4 Å². The standard InChI is InChI=1S/C19H26F3N5O2/c1-14-17(28)23-18(29)27(24-14)8-3-2-7-25-9-11-26(12-10-25)16-6-4-5-15(13-16)19(20,21)22/h5,13H,2-4,6-12H2,1H3,(H,23,28,29). The fourth-order valence-electron chi connectivity index (χ4n) is 3.66. The lowest BCUT2D eigenvalue weighted by Gasteiger charge is -2.38. The number of hydrogen-bond acceptors (Lipinski definition) is 5. The fourth-order valence-corrected chi connectivity index (χ4v) is 3.66. The molecule has 1 aromatic rings. The van der Waals surface area contributed by atoms with Crippen LogP contribution < -0.4 is 11.2 Å². The molecule has 1 saturated heterocycles. The summed E-state index contributed by atoms with van der Waals surface area (Å²) < 4.78 is 40.0. The summed E-state index contributed by atoms with van der Waals surface area (Å²) in [6, 6.07) is 0. The first-order chi connectivity index (χ1) is 13.7. The van der Waals surface area contributed by atoms with Gasteiger partial charge in [0.25, 0.3) is 5.56 Å². The maximum Gasteiger partial charge on any atom is 0.416 e. The second-order valence-electron chi connectivity index (χ2n) is 7.44. The van der Waals surface area contributed by atoms with Crippen LogP contribution in [0.4, 0.5) is 13.2 Å². The molecule has 0 atom stereocenters. The van der Waals surface area contributed by atoms with Crippen molar-refractivity contribution in [1.29, 1.82) is 0 Å². The Kier molecular flexibility index (Phi) is 6.61. The highest BCUT2D eigenvalue weighted by Gasteiger charge is 2.34. The van der Waals surface area contributed by atoms with E-state index in [0.717, 1.165) is 51.3 Å². The largest absolute Gasteiger partial charge is 0.416 e. The van der Waals surface area contributed by atoms with E-state index in [1.54, 1.807) is 6.92 Å². The molecule has 0 bridgehead atoms. The quantitative estimate of drug-likeness (QED) is 0.720. The molecule has 2 heterocycles. The van der Waals surface area contributed by atoms with Crippen LogP contribution in [0.3, 0.4) is 0 Å². The van der Waals surface area contributed by atoms with Gasteiger partial charge in [-0.15, -0.1) is 0 Å². The molecular formula is C19H26F3N5O2. The summed E-state index contributed by atoms with van der Waals surface area (Å²) in [5.41, 5.74) is -0.459. The number of nitrogens with one attached hydrogen (secondary N) is 1. The second kappa shape index (κ2) is 8.98. The monoisotopic (exact) mass is 413 g/mol. The zero-order chi connectivity index (χ0) is 21.0. The number of piperazine rings is 1. The zero-order valence-corrected chi connectivity index (χ0v) is 16.5. The van der Waals surface area contributed by atoms with Crippen LogP contribution in [-0.4, -0.2) is 63.5 Å². The summed E-state index contributed by atoms with van der Waals surface area (Å²) in [4.78, 5) is 29.6. The van der Waals surface area contributed by atoms with Gasteiger partial charge in [-0.25, -0.2) is 9.48 Å². The summed E-state index contributed by atoms with van der Waals surface area (Å²) >= 11 is 0. The van der Waals surface area contributed by atoms with Crippen molar-refractivity contribution < 1.29 is 13.2 Å². The number of aromatic nitrogens is 3. The molecular weight excluding hydrogens is 387 g/mol. The third kappa shape index (κ3) is 5.59. The first-order valence-corrected chi connectivity index (χ1v) is 9.87. The second-order valence-corrected chi connectivity index (χ2v) is 7.44. The molecule has 29 heavy (non-hydrogen) atoms. The van der Waals surface area contributed by atoms with E-state index in [1.807, 2.05) is 0 Å². The van der Waals surface area contributed by atoms with E-state index in [2.05, 4.69) is 19.9 Å². The van der Waals surface area contributed by atoms with Crippen molar-refractivity contribution in [1.82, 2.24) is 24.6 Å². The van der Waals surface area contributed by atoms with Crippen LogP contribution in [0, 0.1) is 6.92 Å². The van der Waals surface area contributed by atoms with Crippen LogP contribution >= 0.6 is 0 Å². The molecule has 1 aromatic heterocycles. The smallest absolute Gasteiger partial charge is 0.372 e. The third-order valence-corrected chi connectivity index (χ3v) is 5.34. The number of H-pyrrole nitrogens is 1. The third-order valence-electron chi connectivity index (χ3n) is 5.34. The van der Waals surface area contributed by atoms with Crippen LogP contribution in [0.15, 0.2) is 33.0 Å². The molecule has 1 fully saturated rings. The summed E-state index contributed by atoms with van der Waals surface area (Å²) in [6.07, 6.45) is 0.979. The minimum Gasteiger partial charge on any atom is -0.372 e. The van der Waals surface area contributed by atoms with Gasteiger partial charge in [0.2, 0.25) is 0 Å². The number of halogens is 3. The van der Waals surface area contributed by atoms with Gasteiger partial charge < -0.3 is 4.90 Å². The van der Waals surface area contributed by atoms with Gasteiger partial charge in [-0.3, -0.25) is 14.7 Å². The summed E-state index contributed by atoms with van der Waals surface area (Å²) in [5, 5.41) is 3.99. The number of nitrogens with zero attached hydrogens (tertiary/aromatic N) is 4. The Hall–Kier alpha value is -2.36. The first-order valence-electron chi connectivity index (χ1n) is 9.87. The van der Waals surface area contributed by atoms with Crippen LogP contribution in [0.5, 0.6) is 0 Å². The minimum atomic E-state index is -4.28. The number of allylic oxidation sites excluding steroid dienone is 4. The molecule has 0 aromatic carbocycles. The molecule has 1 N–H and O–H groups in total. The van der Waals surface area contributed by atoms with Crippen molar-refractivity contribution in [3.63, 3.8) is 0 Å². The lowest BCUT2D eigenvalue weighted by atomic mass is 10.0. The molecule has 0 amide bonds. The van der Waals surface area contributed by atoms with E-state index >= 15 is 0 Å². The molecule has 0 saturated carbocycles. The predicted molar refractivity (Wildman–Crippen MR) is 103 cm³/mol. The molecule has 0 radical (unpaired) electrons. The highest BCUT2D eigenvalue weighted by atomic mass is 19.4. The number of aryl methyl sites for hydroxylation is 2. The fraction of sp³-hybridized carbons (Fsp3) is 0.632. The Labute approximate surface area is 166 Å². The Morgan fingerprint density at radius 2 is 1.79 bits per heavy atom. The molecule has 0 unspecified atom stereocenters. The topological polar surface area (TPSA) is 74.2 Å². The molecule has 7 nitrogen and oxygen atoms in total. The SMILES string of the molecule is Cc1nn(CCCCN2CCN(C3=CC(C(F)(F)F)=CCC3)CC2)c(=O)[nH]c1=O. The number of unbranched alkanes of at least 4 members (excludes halogenated alkanes) is 1. The Morgan fingerprint density at radius 1 is 1.10 bits per heavy atom. The van der Waals surface area contributed by atoms with Gasteiger partial charge in [-0.05, 0) is 45.2 Å². The average molecular weight is 413 g/mol. The Bertz CT molecular complexity index is 892. The van der Waals surface area contributed by atoms with Gasteiger partial charge >= 0.3 is 11.9 Å². The van der Waals surface area contributed by atoms with E-state index < -0.39 is 23.0 Å². The highest BCUT2D eigenvalue weighted by molar-refractivity contribution is 5.31. The van der Waals surface area contributed by atoms with Crippen molar-refractivity contribution in [3.05, 3.63) is 50.0 Å².